The second-order valence-corrected chi connectivity index (χ2v) is 11.8. The molecule has 2 aromatic carbocycles. The van der Waals surface area contributed by atoms with Gasteiger partial charge < -0.3 is 10.2 Å². The van der Waals surface area contributed by atoms with Crippen molar-refractivity contribution in [1.29, 1.82) is 0 Å². The number of anilines is 1. The molecule has 0 aliphatic carbocycles. The molecule has 0 radical (unpaired) electrons. The maximum absolute atomic E-state index is 13.6. The van der Waals surface area contributed by atoms with Gasteiger partial charge in [0.25, 0.3) is 0 Å². The van der Waals surface area contributed by atoms with E-state index in [1.165, 1.54) is 4.90 Å². The molecular weight excluding hydrogens is 509 g/mol. The SMILES string of the molecule is Cc1cccc(C)c1N(CC(=O)N(Cc1ccc(Cl)c(Cl)c1)[C@@H](C)C(=O)NCC(C)C)S(C)(=O)=O. The average Bonchev–Trinajstić information content (AvgIpc) is 2.76. The standard InChI is InChI=1S/C25H33Cl2N3O4S/c1-16(2)13-28-25(32)19(5)29(14-20-10-11-21(26)22(27)12-20)23(31)15-30(35(6,33)34)24-17(3)8-7-9-18(24)4/h7-12,16,19H,13-15H2,1-6H3,(H,28,32)/t19-/m0/s1. The highest BCUT2D eigenvalue weighted by Gasteiger charge is 2.31. The van der Waals surface area contributed by atoms with Crippen molar-refractivity contribution in [1.82, 2.24) is 10.2 Å². The summed E-state index contributed by atoms with van der Waals surface area (Å²) in [6.45, 7) is 9.20. The Balaban J connectivity index is 2.45. The van der Waals surface area contributed by atoms with E-state index in [9.17, 15) is 18.0 Å². The van der Waals surface area contributed by atoms with E-state index in [2.05, 4.69) is 5.32 Å². The number of aryl methyl sites for hydroxylation is 2. The van der Waals surface area contributed by atoms with Crippen LogP contribution < -0.4 is 9.62 Å². The maximum Gasteiger partial charge on any atom is 0.244 e. The normalized spacial score (nSPS) is 12.4. The molecular formula is C25H33Cl2N3O4S. The average molecular weight is 543 g/mol. The first-order chi connectivity index (χ1) is 16.2. The predicted octanol–water partition coefficient (Wildman–Crippen LogP) is 4.57. The second-order valence-electron chi connectivity index (χ2n) is 9.10. The highest BCUT2D eigenvalue weighted by Crippen LogP contribution is 2.28. The molecule has 192 valence electrons. The first-order valence-electron chi connectivity index (χ1n) is 11.3. The lowest BCUT2D eigenvalue weighted by Crippen LogP contribution is -2.51. The fraction of sp³-hybridized carbons (Fsp3) is 0.440. The Morgan fingerprint density at radius 2 is 1.60 bits per heavy atom. The zero-order valence-electron chi connectivity index (χ0n) is 20.9. The van der Waals surface area contributed by atoms with Crippen molar-refractivity contribution in [3.8, 4) is 0 Å². The number of nitrogens with one attached hydrogen (secondary N) is 1. The van der Waals surface area contributed by atoms with Gasteiger partial charge in [-0.3, -0.25) is 13.9 Å². The minimum Gasteiger partial charge on any atom is -0.354 e. The van der Waals surface area contributed by atoms with Gasteiger partial charge in [-0.25, -0.2) is 8.42 Å². The summed E-state index contributed by atoms with van der Waals surface area (Å²) in [6, 6.07) is 9.52. The smallest absolute Gasteiger partial charge is 0.244 e. The lowest BCUT2D eigenvalue weighted by molar-refractivity contribution is -0.139. The number of amides is 2. The Kier molecular flexibility index (Phi) is 10.0. The van der Waals surface area contributed by atoms with Crippen LogP contribution in [-0.4, -0.2) is 50.5 Å². The molecule has 0 aliphatic heterocycles. The van der Waals surface area contributed by atoms with Crippen LogP contribution in [-0.2, 0) is 26.2 Å². The first kappa shape index (κ1) is 28.9. The van der Waals surface area contributed by atoms with Gasteiger partial charge in [-0.15, -0.1) is 0 Å². The number of nitrogens with zero attached hydrogens (tertiary/aromatic N) is 2. The number of benzene rings is 2. The van der Waals surface area contributed by atoms with E-state index in [4.69, 9.17) is 23.2 Å². The summed E-state index contributed by atoms with van der Waals surface area (Å²) in [5.74, 6) is -0.614. The number of carbonyl (C=O) groups is 2. The van der Waals surface area contributed by atoms with Crippen LogP contribution in [0.25, 0.3) is 0 Å². The zero-order valence-corrected chi connectivity index (χ0v) is 23.3. The Morgan fingerprint density at radius 3 is 2.11 bits per heavy atom. The van der Waals surface area contributed by atoms with Crippen LogP contribution in [0.1, 0.15) is 37.5 Å². The number of carbonyl (C=O) groups excluding carboxylic acids is 2. The number of sulfonamides is 1. The first-order valence-corrected chi connectivity index (χ1v) is 13.9. The van der Waals surface area contributed by atoms with Gasteiger partial charge in [0.05, 0.1) is 22.0 Å². The second kappa shape index (κ2) is 12.1. The van der Waals surface area contributed by atoms with Gasteiger partial charge in [-0.05, 0) is 55.5 Å². The van der Waals surface area contributed by atoms with E-state index in [0.717, 1.165) is 21.7 Å². The molecule has 0 bridgehead atoms. The molecule has 10 heteroatoms. The Bertz CT molecular complexity index is 1160. The molecule has 0 saturated carbocycles. The van der Waals surface area contributed by atoms with Gasteiger partial charge in [0.2, 0.25) is 21.8 Å². The topological polar surface area (TPSA) is 86.8 Å². The summed E-state index contributed by atoms with van der Waals surface area (Å²) in [4.78, 5) is 27.9. The van der Waals surface area contributed by atoms with E-state index >= 15 is 0 Å². The Hall–Kier alpha value is -2.29. The highest BCUT2D eigenvalue weighted by molar-refractivity contribution is 7.92. The molecule has 0 saturated heterocycles. The quantitative estimate of drug-likeness (QED) is 0.477. The van der Waals surface area contributed by atoms with Crippen molar-refractivity contribution >= 4 is 50.7 Å². The van der Waals surface area contributed by atoms with Crippen molar-refractivity contribution in [3.63, 3.8) is 0 Å². The molecule has 0 spiro atoms. The van der Waals surface area contributed by atoms with Crippen LogP contribution in [0.4, 0.5) is 5.69 Å². The van der Waals surface area contributed by atoms with Crippen molar-refractivity contribution in [2.45, 2.75) is 47.2 Å². The number of hydrogen-bond acceptors (Lipinski definition) is 4. The monoisotopic (exact) mass is 541 g/mol. The molecule has 0 fully saturated rings. The van der Waals surface area contributed by atoms with E-state index in [0.29, 0.717) is 27.8 Å². The fourth-order valence-electron chi connectivity index (χ4n) is 3.64. The third-order valence-electron chi connectivity index (χ3n) is 5.56. The summed E-state index contributed by atoms with van der Waals surface area (Å²) in [7, 11) is -3.80. The summed E-state index contributed by atoms with van der Waals surface area (Å²) in [6.07, 6.45) is 1.06. The summed E-state index contributed by atoms with van der Waals surface area (Å²) in [5.41, 5.74) is 2.56. The van der Waals surface area contributed by atoms with E-state index in [1.54, 1.807) is 51.1 Å². The third kappa shape index (κ3) is 7.85. The van der Waals surface area contributed by atoms with Gasteiger partial charge in [0.1, 0.15) is 12.6 Å². The number of hydrogen-bond donors (Lipinski definition) is 1. The molecule has 0 aliphatic rings. The summed E-state index contributed by atoms with van der Waals surface area (Å²) in [5, 5.41) is 3.54. The van der Waals surface area contributed by atoms with Crippen molar-refractivity contribution in [2.24, 2.45) is 5.92 Å². The predicted molar refractivity (Wildman–Crippen MR) is 142 cm³/mol. The zero-order chi connectivity index (χ0) is 26.5. The van der Waals surface area contributed by atoms with Gasteiger partial charge in [0.15, 0.2) is 0 Å². The van der Waals surface area contributed by atoms with E-state index < -0.39 is 28.5 Å². The maximum atomic E-state index is 13.6. The molecule has 7 nitrogen and oxygen atoms in total. The number of rotatable bonds is 10. The fourth-order valence-corrected chi connectivity index (χ4v) is 4.93. The third-order valence-corrected chi connectivity index (χ3v) is 7.41. The lowest BCUT2D eigenvalue weighted by Gasteiger charge is -2.32. The van der Waals surface area contributed by atoms with Crippen LogP contribution >= 0.6 is 23.2 Å². The Morgan fingerprint density at radius 1 is 1.00 bits per heavy atom. The summed E-state index contributed by atoms with van der Waals surface area (Å²) < 4.78 is 26.6. The van der Waals surface area contributed by atoms with Gasteiger partial charge >= 0.3 is 0 Å². The molecule has 1 N–H and O–H groups in total. The van der Waals surface area contributed by atoms with Crippen molar-refractivity contribution in [2.75, 3.05) is 23.7 Å². The molecule has 0 aromatic heterocycles. The molecule has 1 atom stereocenters. The van der Waals surface area contributed by atoms with E-state index in [1.807, 2.05) is 19.9 Å². The van der Waals surface area contributed by atoms with Crippen molar-refractivity contribution < 1.29 is 18.0 Å². The van der Waals surface area contributed by atoms with Gasteiger partial charge in [-0.1, -0.05) is 61.3 Å². The molecule has 0 heterocycles. The van der Waals surface area contributed by atoms with Crippen LogP contribution in [0, 0.1) is 19.8 Å². The minimum atomic E-state index is -3.80. The summed E-state index contributed by atoms with van der Waals surface area (Å²) >= 11 is 12.2. The van der Waals surface area contributed by atoms with Crippen LogP contribution in [0.2, 0.25) is 10.0 Å². The van der Waals surface area contributed by atoms with E-state index in [-0.39, 0.29) is 18.4 Å². The van der Waals surface area contributed by atoms with Crippen LogP contribution in [0.15, 0.2) is 36.4 Å². The molecule has 35 heavy (non-hydrogen) atoms. The largest absolute Gasteiger partial charge is 0.354 e. The molecule has 2 aromatic rings. The van der Waals surface area contributed by atoms with Gasteiger partial charge in [-0.2, -0.15) is 0 Å². The lowest BCUT2D eigenvalue weighted by atomic mass is 10.1. The number of para-hydroxylation sites is 1. The highest BCUT2D eigenvalue weighted by atomic mass is 35.5. The molecule has 0 unspecified atom stereocenters. The molecule has 2 amide bonds. The van der Waals surface area contributed by atoms with Crippen molar-refractivity contribution in [3.05, 3.63) is 63.1 Å². The number of halogens is 2. The van der Waals surface area contributed by atoms with Crippen LogP contribution in [0.3, 0.4) is 0 Å². The molecule has 2 rings (SSSR count). The van der Waals surface area contributed by atoms with Gasteiger partial charge in [0, 0.05) is 13.1 Å². The van der Waals surface area contributed by atoms with Crippen LogP contribution in [0.5, 0.6) is 0 Å². The minimum absolute atomic E-state index is 0.0519. The Labute approximate surface area is 218 Å².